The predicted octanol–water partition coefficient (Wildman–Crippen LogP) is 2.61. The second-order valence-corrected chi connectivity index (χ2v) is 13.3. The molecule has 256 valence electrons. The average Bonchev–Trinajstić information content (AvgIpc) is 4.00. The number of benzene rings is 1. The van der Waals surface area contributed by atoms with Crippen molar-refractivity contribution >= 4 is 29.3 Å². The molecule has 2 aromatic rings. The molecule has 0 radical (unpaired) electrons. The summed E-state index contributed by atoms with van der Waals surface area (Å²) in [7, 11) is 3.41. The van der Waals surface area contributed by atoms with Crippen molar-refractivity contribution in [2.75, 3.05) is 45.7 Å². The van der Waals surface area contributed by atoms with Crippen LogP contribution in [0, 0.1) is 23.6 Å². The van der Waals surface area contributed by atoms with Crippen molar-refractivity contribution in [1.29, 1.82) is 0 Å². The molecule has 0 unspecified atom stereocenters. The maximum Gasteiger partial charge on any atom is 0.270 e. The fourth-order valence-corrected chi connectivity index (χ4v) is 6.73. The van der Waals surface area contributed by atoms with Crippen molar-refractivity contribution in [1.82, 2.24) is 30.2 Å². The number of anilines is 1. The summed E-state index contributed by atoms with van der Waals surface area (Å²) in [6.07, 6.45) is 5.56. The molecule has 12 nitrogen and oxygen atoms in total. The molecule has 1 saturated heterocycles. The molecule has 2 aliphatic carbocycles. The summed E-state index contributed by atoms with van der Waals surface area (Å²) in [5.74, 6) is -2.14. The van der Waals surface area contributed by atoms with E-state index in [-0.39, 0.29) is 36.1 Å². The van der Waals surface area contributed by atoms with Gasteiger partial charge in [-0.15, -0.1) is 0 Å². The standard InChI is InChI=1S/C34H48FN7O5/c1-6-42-27(13-14-36-42)32(44)39-31(29(22-7-8-22)23-9-10-23)33(45)37-26-12-11-24(17-25(26)35)21(3)30(38-28(43)19-47-5)34(46)41-16-15-40(4)20(2)18-41/h11-14,17,20-23,29-31H,6-10,15-16,18-19H2,1-5H3,(H,37,45)(H,38,43)(H,39,44)/t20-,21+,30-,31+/m1/s1. The van der Waals surface area contributed by atoms with Crippen LogP contribution in [0.4, 0.5) is 10.1 Å². The molecular weight excluding hydrogens is 605 g/mol. The number of likely N-dealkylation sites (N-methyl/N-ethyl adjacent to an activating group) is 1. The first kappa shape index (κ1) is 34.5. The summed E-state index contributed by atoms with van der Waals surface area (Å²) < 4.78 is 22.3. The van der Waals surface area contributed by atoms with Gasteiger partial charge in [-0.25, -0.2) is 4.39 Å². The lowest BCUT2D eigenvalue weighted by molar-refractivity contribution is -0.140. The fraction of sp³-hybridized carbons (Fsp3) is 0.618. The SMILES string of the molecule is CCn1nccc1C(=O)N[C@H](C(=O)Nc1ccc([C@H](C)[C@@H](NC(=O)COC)C(=O)N2CCN(C)[C@H](C)C2)cc1F)C(C1CC1)C1CC1. The molecule has 2 saturated carbocycles. The number of hydrogen-bond donors (Lipinski definition) is 3. The van der Waals surface area contributed by atoms with Gasteiger partial charge in [0.25, 0.3) is 5.91 Å². The van der Waals surface area contributed by atoms with Gasteiger partial charge in [0.05, 0.1) is 5.69 Å². The van der Waals surface area contributed by atoms with Gasteiger partial charge in [-0.2, -0.15) is 5.10 Å². The molecule has 5 rings (SSSR count). The maximum absolute atomic E-state index is 15.7. The number of aryl methyl sites for hydroxylation is 1. The molecule has 0 spiro atoms. The summed E-state index contributed by atoms with van der Waals surface area (Å²) in [5, 5.41) is 12.7. The van der Waals surface area contributed by atoms with Gasteiger partial charge in [0.2, 0.25) is 17.7 Å². The normalized spacial score (nSPS) is 20.4. The van der Waals surface area contributed by atoms with E-state index in [0.717, 1.165) is 25.7 Å². The molecule has 4 atom stereocenters. The van der Waals surface area contributed by atoms with E-state index < -0.39 is 35.6 Å². The van der Waals surface area contributed by atoms with E-state index in [1.807, 2.05) is 20.9 Å². The van der Waals surface area contributed by atoms with Crippen LogP contribution in [0.2, 0.25) is 0 Å². The topological polar surface area (TPSA) is 138 Å². The van der Waals surface area contributed by atoms with Crippen LogP contribution in [0.25, 0.3) is 0 Å². The van der Waals surface area contributed by atoms with Gasteiger partial charge in [-0.3, -0.25) is 23.9 Å². The van der Waals surface area contributed by atoms with Crippen LogP contribution in [-0.2, 0) is 25.7 Å². The number of ether oxygens (including phenoxy) is 1. The minimum atomic E-state index is -0.943. The lowest BCUT2D eigenvalue weighted by Gasteiger charge is -2.40. The highest BCUT2D eigenvalue weighted by Gasteiger charge is 2.48. The fourth-order valence-electron chi connectivity index (χ4n) is 6.73. The van der Waals surface area contributed by atoms with Gasteiger partial charge < -0.3 is 30.5 Å². The highest BCUT2D eigenvalue weighted by molar-refractivity contribution is 6.01. The number of hydrogen-bond acceptors (Lipinski definition) is 7. The Balaban J connectivity index is 1.34. The number of piperazine rings is 1. The van der Waals surface area contributed by atoms with Crippen LogP contribution in [0.3, 0.4) is 0 Å². The molecule has 3 N–H and O–H groups in total. The van der Waals surface area contributed by atoms with Gasteiger partial charge in [0.15, 0.2) is 0 Å². The van der Waals surface area contributed by atoms with Gasteiger partial charge in [-0.05, 0) is 88.1 Å². The van der Waals surface area contributed by atoms with Gasteiger partial charge in [0, 0.05) is 51.4 Å². The Morgan fingerprint density at radius 1 is 1.04 bits per heavy atom. The summed E-state index contributed by atoms with van der Waals surface area (Å²) in [5.41, 5.74) is 0.839. The van der Waals surface area contributed by atoms with Gasteiger partial charge in [-0.1, -0.05) is 13.0 Å². The van der Waals surface area contributed by atoms with Crippen molar-refractivity contribution in [2.45, 2.75) is 77.0 Å². The maximum atomic E-state index is 15.7. The summed E-state index contributed by atoms with van der Waals surface area (Å²) in [4.78, 5) is 57.4. The zero-order valence-corrected chi connectivity index (χ0v) is 28.0. The molecule has 3 fully saturated rings. The zero-order valence-electron chi connectivity index (χ0n) is 28.0. The number of rotatable bonds is 14. The van der Waals surface area contributed by atoms with E-state index in [1.54, 1.807) is 34.8 Å². The highest BCUT2D eigenvalue weighted by Crippen LogP contribution is 2.51. The second-order valence-electron chi connectivity index (χ2n) is 13.3. The first-order valence-corrected chi connectivity index (χ1v) is 16.7. The van der Waals surface area contributed by atoms with Crippen molar-refractivity contribution < 1.29 is 28.3 Å². The second kappa shape index (κ2) is 14.9. The van der Waals surface area contributed by atoms with Crippen molar-refractivity contribution in [3.8, 4) is 0 Å². The Kier molecular flexibility index (Phi) is 11.0. The van der Waals surface area contributed by atoms with E-state index in [1.165, 1.54) is 19.2 Å². The van der Waals surface area contributed by atoms with E-state index in [0.29, 0.717) is 49.3 Å². The molecule has 2 heterocycles. The zero-order chi connectivity index (χ0) is 33.8. The smallest absolute Gasteiger partial charge is 0.270 e. The van der Waals surface area contributed by atoms with E-state index >= 15 is 4.39 Å². The Hall–Kier alpha value is -3.84. The molecule has 0 bridgehead atoms. The van der Waals surface area contributed by atoms with Crippen LogP contribution >= 0.6 is 0 Å². The molecule has 4 amide bonds. The number of nitrogens with one attached hydrogen (secondary N) is 3. The molecule has 1 aliphatic heterocycles. The third kappa shape index (κ3) is 8.18. The van der Waals surface area contributed by atoms with Gasteiger partial charge >= 0.3 is 0 Å². The molecule has 47 heavy (non-hydrogen) atoms. The number of aromatic nitrogens is 2. The lowest BCUT2D eigenvalue weighted by atomic mass is 9.88. The first-order chi connectivity index (χ1) is 22.5. The summed E-state index contributed by atoms with van der Waals surface area (Å²) >= 11 is 0. The molecule has 13 heteroatoms. The van der Waals surface area contributed by atoms with Crippen molar-refractivity contribution in [2.24, 2.45) is 17.8 Å². The van der Waals surface area contributed by atoms with Crippen LogP contribution in [0.5, 0.6) is 0 Å². The molecule has 1 aromatic carbocycles. The van der Waals surface area contributed by atoms with Gasteiger partial charge in [0.1, 0.15) is 30.2 Å². The minimum Gasteiger partial charge on any atom is -0.375 e. The van der Waals surface area contributed by atoms with E-state index in [4.69, 9.17) is 4.74 Å². The third-order valence-corrected chi connectivity index (χ3v) is 9.94. The van der Waals surface area contributed by atoms with Crippen LogP contribution in [0.1, 0.15) is 68.4 Å². The Labute approximate surface area is 275 Å². The minimum absolute atomic E-state index is 0.0201. The Morgan fingerprint density at radius 3 is 2.34 bits per heavy atom. The lowest BCUT2D eigenvalue weighted by Crippen LogP contribution is -2.58. The number of halogens is 1. The number of carbonyl (C=O) groups excluding carboxylic acids is 4. The van der Waals surface area contributed by atoms with Crippen LogP contribution < -0.4 is 16.0 Å². The third-order valence-electron chi connectivity index (χ3n) is 9.94. The average molecular weight is 654 g/mol. The van der Waals surface area contributed by atoms with Crippen molar-refractivity contribution in [3.05, 3.63) is 47.5 Å². The van der Waals surface area contributed by atoms with E-state index in [2.05, 4.69) is 25.9 Å². The number of methoxy groups -OCH3 is 1. The number of nitrogens with zero attached hydrogens (tertiary/aromatic N) is 4. The van der Waals surface area contributed by atoms with E-state index in [9.17, 15) is 19.2 Å². The molecule has 1 aromatic heterocycles. The first-order valence-electron chi connectivity index (χ1n) is 16.7. The van der Waals surface area contributed by atoms with Crippen LogP contribution in [-0.4, -0.2) is 102 Å². The monoisotopic (exact) mass is 653 g/mol. The number of carbonyl (C=O) groups is 4. The summed E-state index contributed by atoms with van der Waals surface area (Å²) in [6.45, 7) is 7.72. The molecule has 3 aliphatic rings. The van der Waals surface area contributed by atoms with Crippen molar-refractivity contribution in [3.63, 3.8) is 0 Å². The molecular formula is C34H48FN7O5. The Morgan fingerprint density at radius 2 is 1.74 bits per heavy atom. The highest BCUT2D eigenvalue weighted by atomic mass is 19.1. The Bertz CT molecular complexity index is 1450. The summed E-state index contributed by atoms with van der Waals surface area (Å²) in [6, 6.07) is 4.43. The number of amides is 4. The van der Waals surface area contributed by atoms with Crippen LogP contribution in [0.15, 0.2) is 30.5 Å². The quantitative estimate of drug-likeness (QED) is 0.285. The predicted molar refractivity (Wildman–Crippen MR) is 174 cm³/mol. The largest absolute Gasteiger partial charge is 0.375 e.